The maximum Gasteiger partial charge on any atom is 0.255 e. The van der Waals surface area contributed by atoms with Crippen molar-refractivity contribution in [3.63, 3.8) is 0 Å². The first-order valence-corrected chi connectivity index (χ1v) is 6.55. The number of nitrogens with two attached hydrogens (primary N) is 1. The number of carbonyl (C=O) groups excluding carboxylic acids is 1. The second-order valence-electron chi connectivity index (χ2n) is 4.90. The second-order valence-corrected chi connectivity index (χ2v) is 4.90. The van der Waals surface area contributed by atoms with E-state index in [1.54, 1.807) is 0 Å². The van der Waals surface area contributed by atoms with Crippen molar-refractivity contribution >= 4 is 5.91 Å². The zero-order chi connectivity index (χ0) is 13.0. The topological polar surface area (TPSA) is 58.4 Å². The number of hydrogen-bond acceptors (Lipinski definition) is 3. The number of benzene rings is 1. The first-order chi connectivity index (χ1) is 8.74. The zero-order valence-corrected chi connectivity index (χ0v) is 10.8. The molecule has 0 radical (unpaired) electrons. The molecule has 1 heterocycles. The highest BCUT2D eigenvalue weighted by Crippen LogP contribution is 2.28. The van der Waals surface area contributed by atoms with Crippen LogP contribution in [0.3, 0.4) is 0 Å². The Morgan fingerprint density at radius 1 is 1.39 bits per heavy atom. The van der Waals surface area contributed by atoms with E-state index >= 15 is 0 Å². The third-order valence-electron chi connectivity index (χ3n) is 3.69. The van der Waals surface area contributed by atoms with Gasteiger partial charge < -0.3 is 0 Å². The van der Waals surface area contributed by atoms with Gasteiger partial charge in [-0.25, -0.2) is 5.84 Å². The minimum Gasteiger partial charge on any atom is -0.293 e. The van der Waals surface area contributed by atoms with Gasteiger partial charge in [0.05, 0.1) is 0 Å². The standard InChI is InChI=1S/C14H21N3O/c1-11-7-5-6-10-17(11)13(14(18)16-15)12-8-3-2-4-9-12/h2-4,8-9,11,13H,5-7,10,15H2,1H3,(H,16,18). The molecule has 1 aliphatic heterocycles. The Hall–Kier alpha value is -1.39. The van der Waals surface area contributed by atoms with E-state index in [1.165, 1.54) is 6.42 Å². The maximum atomic E-state index is 12.1. The third kappa shape index (κ3) is 2.71. The molecule has 2 atom stereocenters. The van der Waals surface area contributed by atoms with Crippen molar-refractivity contribution in [1.29, 1.82) is 0 Å². The molecule has 0 spiro atoms. The van der Waals surface area contributed by atoms with Crippen LogP contribution in [0.4, 0.5) is 0 Å². The molecule has 98 valence electrons. The lowest BCUT2D eigenvalue weighted by Crippen LogP contribution is -2.48. The highest BCUT2D eigenvalue weighted by Gasteiger charge is 2.31. The van der Waals surface area contributed by atoms with Gasteiger partial charge in [-0.15, -0.1) is 0 Å². The number of rotatable bonds is 3. The molecule has 1 fully saturated rings. The first kappa shape index (κ1) is 13.1. The number of likely N-dealkylation sites (tertiary alicyclic amines) is 1. The quantitative estimate of drug-likeness (QED) is 0.484. The Balaban J connectivity index is 2.27. The molecule has 2 rings (SSSR count). The number of amides is 1. The van der Waals surface area contributed by atoms with Crippen molar-refractivity contribution in [3.05, 3.63) is 35.9 Å². The lowest BCUT2D eigenvalue weighted by atomic mass is 9.97. The molecule has 3 N–H and O–H groups in total. The fourth-order valence-electron chi connectivity index (χ4n) is 2.71. The molecule has 4 nitrogen and oxygen atoms in total. The monoisotopic (exact) mass is 247 g/mol. The molecule has 4 heteroatoms. The number of carbonyl (C=O) groups is 1. The van der Waals surface area contributed by atoms with Crippen LogP contribution in [0.5, 0.6) is 0 Å². The van der Waals surface area contributed by atoms with Crippen LogP contribution < -0.4 is 11.3 Å². The van der Waals surface area contributed by atoms with Crippen LogP contribution in [-0.4, -0.2) is 23.4 Å². The minimum atomic E-state index is -0.272. The zero-order valence-electron chi connectivity index (χ0n) is 10.8. The molecule has 0 aromatic heterocycles. The van der Waals surface area contributed by atoms with Crippen molar-refractivity contribution in [2.24, 2.45) is 5.84 Å². The first-order valence-electron chi connectivity index (χ1n) is 6.55. The average molecular weight is 247 g/mol. The molecule has 1 aliphatic rings. The van der Waals surface area contributed by atoms with E-state index in [4.69, 9.17) is 5.84 Å². The van der Waals surface area contributed by atoms with Gasteiger partial charge in [0.2, 0.25) is 0 Å². The second kappa shape index (κ2) is 5.98. The summed E-state index contributed by atoms with van der Waals surface area (Å²) in [5.41, 5.74) is 3.31. The Bertz CT molecular complexity index is 393. The predicted octanol–water partition coefficient (Wildman–Crippen LogP) is 1.59. The number of hydrazine groups is 1. The maximum absolute atomic E-state index is 12.1. The van der Waals surface area contributed by atoms with Gasteiger partial charge in [0, 0.05) is 6.04 Å². The van der Waals surface area contributed by atoms with E-state index in [2.05, 4.69) is 17.2 Å². The van der Waals surface area contributed by atoms with Gasteiger partial charge in [0.1, 0.15) is 6.04 Å². The van der Waals surface area contributed by atoms with Gasteiger partial charge in [-0.05, 0) is 31.9 Å². The Morgan fingerprint density at radius 2 is 2.11 bits per heavy atom. The van der Waals surface area contributed by atoms with E-state index in [0.29, 0.717) is 6.04 Å². The molecule has 1 saturated heterocycles. The number of piperidine rings is 1. The summed E-state index contributed by atoms with van der Waals surface area (Å²) < 4.78 is 0. The van der Waals surface area contributed by atoms with E-state index in [-0.39, 0.29) is 11.9 Å². The van der Waals surface area contributed by atoms with Crippen LogP contribution in [0, 0.1) is 0 Å². The van der Waals surface area contributed by atoms with E-state index in [0.717, 1.165) is 24.9 Å². The molecular formula is C14H21N3O. The van der Waals surface area contributed by atoms with Crippen molar-refractivity contribution in [3.8, 4) is 0 Å². The fourth-order valence-corrected chi connectivity index (χ4v) is 2.71. The summed E-state index contributed by atoms with van der Waals surface area (Å²) in [5.74, 6) is 5.21. The molecular weight excluding hydrogens is 226 g/mol. The highest BCUT2D eigenvalue weighted by molar-refractivity contribution is 5.82. The molecule has 2 unspecified atom stereocenters. The Kier molecular flexibility index (Phi) is 4.33. The van der Waals surface area contributed by atoms with Crippen LogP contribution in [0.15, 0.2) is 30.3 Å². The molecule has 0 aliphatic carbocycles. The molecule has 18 heavy (non-hydrogen) atoms. The van der Waals surface area contributed by atoms with Crippen LogP contribution in [0.1, 0.15) is 37.8 Å². The van der Waals surface area contributed by atoms with Crippen LogP contribution in [-0.2, 0) is 4.79 Å². The Morgan fingerprint density at radius 3 is 2.72 bits per heavy atom. The summed E-state index contributed by atoms with van der Waals surface area (Å²) in [4.78, 5) is 14.3. The number of hydrogen-bond donors (Lipinski definition) is 2. The minimum absolute atomic E-state index is 0.130. The summed E-state index contributed by atoms with van der Waals surface area (Å²) in [6.07, 6.45) is 3.52. The fraction of sp³-hybridized carbons (Fsp3) is 0.500. The molecule has 1 aromatic carbocycles. The van der Waals surface area contributed by atoms with Crippen LogP contribution in [0.25, 0.3) is 0 Å². The lowest BCUT2D eigenvalue weighted by molar-refractivity contribution is -0.128. The van der Waals surface area contributed by atoms with E-state index in [9.17, 15) is 4.79 Å². The summed E-state index contributed by atoms with van der Waals surface area (Å²) in [5, 5.41) is 0. The third-order valence-corrected chi connectivity index (χ3v) is 3.69. The van der Waals surface area contributed by atoms with Gasteiger partial charge in [-0.2, -0.15) is 0 Å². The smallest absolute Gasteiger partial charge is 0.255 e. The molecule has 1 amide bonds. The van der Waals surface area contributed by atoms with Crippen molar-refractivity contribution in [2.75, 3.05) is 6.54 Å². The number of nitrogens with zero attached hydrogens (tertiary/aromatic N) is 1. The van der Waals surface area contributed by atoms with Gasteiger partial charge in [0.15, 0.2) is 0 Å². The lowest BCUT2D eigenvalue weighted by Gasteiger charge is -2.38. The summed E-state index contributed by atoms with van der Waals surface area (Å²) in [7, 11) is 0. The van der Waals surface area contributed by atoms with E-state index in [1.807, 2.05) is 30.3 Å². The van der Waals surface area contributed by atoms with Crippen molar-refractivity contribution in [1.82, 2.24) is 10.3 Å². The van der Waals surface area contributed by atoms with Crippen LogP contribution in [0.2, 0.25) is 0 Å². The van der Waals surface area contributed by atoms with Crippen molar-refractivity contribution < 1.29 is 4.79 Å². The normalized spacial score (nSPS) is 22.4. The van der Waals surface area contributed by atoms with Gasteiger partial charge in [0.25, 0.3) is 5.91 Å². The predicted molar refractivity (Wildman–Crippen MR) is 71.5 cm³/mol. The van der Waals surface area contributed by atoms with Gasteiger partial charge in [-0.3, -0.25) is 15.1 Å². The van der Waals surface area contributed by atoms with Gasteiger partial charge in [-0.1, -0.05) is 36.8 Å². The van der Waals surface area contributed by atoms with E-state index < -0.39 is 0 Å². The largest absolute Gasteiger partial charge is 0.293 e. The molecule has 0 bridgehead atoms. The Labute approximate surface area is 108 Å². The SMILES string of the molecule is CC1CCCCN1C(C(=O)NN)c1ccccc1. The molecule has 0 saturated carbocycles. The molecule has 1 aromatic rings. The summed E-state index contributed by atoms with van der Waals surface area (Å²) >= 11 is 0. The average Bonchev–Trinajstić information content (AvgIpc) is 2.42. The summed E-state index contributed by atoms with van der Waals surface area (Å²) in [6, 6.07) is 10.00. The number of nitrogens with one attached hydrogen (secondary N) is 1. The van der Waals surface area contributed by atoms with Crippen molar-refractivity contribution in [2.45, 2.75) is 38.3 Å². The summed E-state index contributed by atoms with van der Waals surface area (Å²) in [6.45, 7) is 3.13. The highest BCUT2D eigenvalue weighted by atomic mass is 16.2. The van der Waals surface area contributed by atoms with Gasteiger partial charge >= 0.3 is 0 Å². The van der Waals surface area contributed by atoms with Crippen LogP contribution >= 0.6 is 0 Å².